The molecule has 8 nitrogen and oxygen atoms in total. The van der Waals surface area contributed by atoms with E-state index in [1.54, 1.807) is 14.2 Å². The molecule has 3 atom stereocenters. The minimum Gasteiger partial charge on any atom is -0.493 e. The van der Waals surface area contributed by atoms with E-state index in [-0.39, 0.29) is 29.7 Å². The summed E-state index contributed by atoms with van der Waals surface area (Å²) in [5, 5.41) is 2.95. The Hall–Kier alpha value is -2.71. The van der Waals surface area contributed by atoms with E-state index in [2.05, 4.69) is 26.1 Å². The summed E-state index contributed by atoms with van der Waals surface area (Å²) in [7, 11) is 3.20. The number of nitrogens with one attached hydrogen (secondary N) is 3. The van der Waals surface area contributed by atoms with Gasteiger partial charge in [0, 0.05) is 24.4 Å². The van der Waals surface area contributed by atoms with Crippen LogP contribution in [0.2, 0.25) is 0 Å². The van der Waals surface area contributed by atoms with Crippen molar-refractivity contribution in [1.82, 2.24) is 26.1 Å². The Kier molecular flexibility index (Phi) is 5.11. The SMILES string of the molecule is COc1ccc(C2C(C)NNC2NC(=O)c2cnccn2)cc1OC. The fraction of sp³-hybridized carbons (Fsp3) is 0.353. The van der Waals surface area contributed by atoms with Crippen molar-refractivity contribution in [3.05, 3.63) is 48.0 Å². The van der Waals surface area contributed by atoms with E-state index in [0.29, 0.717) is 11.5 Å². The molecular weight excluding hydrogens is 322 g/mol. The smallest absolute Gasteiger partial charge is 0.272 e. The normalized spacial score (nSPS) is 22.4. The Morgan fingerprint density at radius 1 is 1.16 bits per heavy atom. The summed E-state index contributed by atoms with van der Waals surface area (Å²) in [5.74, 6) is 1.03. The topological polar surface area (TPSA) is 97.4 Å². The molecule has 3 rings (SSSR count). The van der Waals surface area contributed by atoms with Crippen LogP contribution < -0.4 is 25.6 Å². The molecule has 1 aliphatic heterocycles. The van der Waals surface area contributed by atoms with Crippen LogP contribution in [-0.4, -0.2) is 42.3 Å². The zero-order valence-corrected chi connectivity index (χ0v) is 14.3. The van der Waals surface area contributed by atoms with E-state index < -0.39 is 0 Å². The Morgan fingerprint density at radius 3 is 2.64 bits per heavy atom. The second kappa shape index (κ2) is 7.45. The molecule has 8 heteroatoms. The van der Waals surface area contributed by atoms with Crippen molar-refractivity contribution < 1.29 is 14.3 Å². The minimum absolute atomic E-state index is 0.000396. The van der Waals surface area contributed by atoms with E-state index in [1.807, 2.05) is 25.1 Å². The molecule has 1 aromatic heterocycles. The quantitative estimate of drug-likeness (QED) is 0.740. The highest BCUT2D eigenvalue weighted by atomic mass is 16.5. The molecule has 132 valence electrons. The lowest BCUT2D eigenvalue weighted by Gasteiger charge is -2.23. The van der Waals surface area contributed by atoms with Crippen LogP contribution in [0.1, 0.15) is 28.9 Å². The molecule has 0 aliphatic carbocycles. The third-order valence-corrected chi connectivity index (χ3v) is 4.24. The Balaban J connectivity index is 1.82. The molecule has 3 unspecified atom stereocenters. The molecule has 25 heavy (non-hydrogen) atoms. The second-order valence-electron chi connectivity index (χ2n) is 5.76. The molecule has 0 spiro atoms. The number of nitrogens with zero attached hydrogens (tertiary/aromatic N) is 2. The van der Waals surface area contributed by atoms with Gasteiger partial charge in [0.25, 0.3) is 5.91 Å². The summed E-state index contributed by atoms with van der Waals surface area (Å²) in [4.78, 5) is 20.3. The summed E-state index contributed by atoms with van der Waals surface area (Å²) < 4.78 is 10.7. The molecule has 1 aromatic carbocycles. The van der Waals surface area contributed by atoms with Crippen molar-refractivity contribution in [2.45, 2.75) is 25.0 Å². The van der Waals surface area contributed by atoms with Gasteiger partial charge in [0.05, 0.1) is 20.4 Å². The molecule has 2 heterocycles. The van der Waals surface area contributed by atoms with Crippen LogP contribution in [0, 0.1) is 0 Å². The molecule has 2 aromatic rings. The predicted molar refractivity (Wildman–Crippen MR) is 91.3 cm³/mol. The lowest BCUT2D eigenvalue weighted by Crippen LogP contribution is -2.46. The van der Waals surface area contributed by atoms with Gasteiger partial charge in [-0.15, -0.1) is 0 Å². The van der Waals surface area contributed by atoms with Gasteiger partial charge in [-0.3, -0.25) is 15.2 Å². The van der Waals surface area contributed by atoms with Gasteiger partial charge in [-0.05, 0) is 24.6 Å². The fourth-order valence-electron chi connectivity index (χ4n) is 2.99. The molecule has 0 bridgehead atoms. The Morgan fingerprint density at radius 2 is 1.96 bits per heavy atom. The standard InChI is InChI=1S/C17H21N5O3/c1-10-15(11-4-5-13(24-2)14(8-11)25-3)16(22-21-10)20-17(23)12-9-18-6-7-19-12/h4-10,15-16,21-22H,1-3H3,(H,20,23). The van der Waals surface area contributed by atoms with Gasteiger partial charge in [0.15, 0.2) is 11.5 Å². The van der Waals surface area contributed by atoms with E-state index in [9.17, 15) is 4.79 Å². The van der Waals surface area contributed by atoms with E-state index in [1.165, 1.54) is 18.6 Å². The summed E-state index contributed by atoms with van der Waals surface area (Å²) >= 11 is 0. The molecule has 0 radical (unpaired) electrons. The van der Waals surface area contributed by atoms with Gasteiger partial charge < -0.3 is 14.8 Å². The average molecular weight is 343 g/mol. The van der Waals surface area contributed by atoms with Gasteiger partial charge in [-0.25, -0.2) is 10.4 Å². The number of hydrazine groups is 1. The second-order valence-corrected chi connectivity index (χ2v) is 5.76. The Bertz CT molecular complexity index is 740. The monoisotopic (exact) mass is 343 g/mol. The van der Waals surface area contributed by atoms with Crippen LogP contribution in [-0.2, 0) is 0 Å². The number of aromatic nitrogens is 2. The van der Waals surface area contributed by atoms with Crippen LogP contribution in [0.15, 0.2) is 36.8 Å². The van der Waals surface area contributed by atoms with Gasteiger partial charge in [-0.1, -0.05) is 6.07 Å². The van der Waals surface area contributed by atoms with Gasteiger partial charge in [0.2, 0.25) is 0 Å². The fourth-order valence-corrected chi connectivity index (χ4v) is 2.99. The first-order valence-electron chi connectivity index (χ1n) is 7.94. The average Bonchev–Trinajstić information content (AvgIpc) is 3.02. The minimum atomic E-state index is -0.303. The van der Waals surface area contributed by atoms with E-state index in [0.717, 1.165) is 5.56 Å². The molecule has 3 N–H and O–H groups in total. The predicted octanol–water partition coefficient (Wildman–Crippen LogP) is 0.830. The van der Waals surface area contributed by atoms with Crippen LogP contribution in [0.3, 0.4) is 0 Å². The third kappa shape index (κ3) is 3.54. The molecule has 1 aliphatic rings. The largest absolute Gasteiger partial charge is 0.493 e. The number of carbonyl (C=O) groups excluding carboxylic acids is 1. The molecular formula is C17H21N5O3. The van der Waals surface area contributed by atoms with Crippen molar-refractivity contribution in [3.8, 4) is 11.5 Å². The highest BCUT2D eigenvalue weighted by Crippen LogP contribution is 2.34. The van der Waals surface area contributed by atoms with Crippen molar-refractivity contribution >= 4 is 5.91 Å². The lowest BCUT2D eigenvalue weighted by molar-refractivity contribution is 0.0923. The van der Waals surface area contributed by atoms with Crippen molar-refractivity contribution in [1.29, 1.82) is 0 Å². The zero-order valence-electron chi connectivity index (χ0n) is 14.3. The van der Waals surface area contributed by atoms with Crippen LogP contribution >= 0.6 is 0 Å². The van der Waals surface area contributed by atoms with Crippen molar-refractivity contribution in [2.24, 2.45) is 0 Å². The highest BCUT2D eigenvalue weighted by molar-refractivity contribution is 5.92. The molecule has 1 amide bonds. The van der Waals surface area contributed by atoms with Crippen LogP contribution in [0.25, 0.3) is 0 Å². The highest BCUT2D eigenvalue weighted by Gasteiger charge is 2.36. The maximum Gasteiger partial charge on any atom is 0.272 e. The number of amides is 1. The summed E-state index contributed by atoms with van der Waals surface area (Å²) in [5.41, 5.74) is 7.58. The van der Waals surface area contributed by atoms with Crippen molar-refractivity contribution in [2.75, 3.05) is 14.2 Å². The Labute approximate surface area is 145 Å². The maximum absolute atomic E-state index is 12.4. The number of rotatable bonds is 5. The summed E-state index contributed by atoms with van der Waals surface area (Å²) in [6.07, 6.45) is 4.15. The number of ether oxygens (including phenoxy) is 2. The van der Waals surface area contributed by atoms with E-state index >= 15 is 0 Å². The van der Waals surface area contributed by atoms with Crippen LogP contribution in [0.5, 0.6) is 11.5 Å². The first kappa shape index (κ1) is 17.1. The molecule has 1 fully saturated rings. The maximum atomic E-state index is 12.4. The zero-order chi connectivity index (χ0) is 17.8. The van der Waals surface area contributed by atoms with Gasteiger partial charge >= 0.3 is 0 Å². The number of benzene rings is 1. The lowest BCUT2D eigenvalue weighted by atomic mass is 9.91. The third-order valence-electron chi connectivity index (χ3n) is 4.24. The van der Waals surface area contributed by atoms with Gasteiger partial charge in [-0.2, -0.15) is 0 Å². The van der Waals surface area contributed by atoms with Crippen LogP contribution in [0.4, 0.5) is 0 Å². The van der Waals surface area contributed by atoms with E-state index in [4.69, 9.17) is 9.47 Å². The molecule has 1 saturated heterocycles. The first-order valence-corrected chi connectivity index (χ1v) is 7.94. The van der Waals surface area contributed by atoms with Crippen molar-refractivity contribution in [3.63, 3.8) is 0 Å². The van der Waals surface area contributed by atoms with Gasteiger partial charge in [0.1, 0.15) is 11.9 Å². The number of hydrogen-bond donors (Lipinski definition) is 3. The number of hydrogen-bond acceptors (Lipinski definition) is 7. The number of carbonyl (C=O) groups is 1. The first-order chi connectivity index (χ1) is 12.1. The molecule has 0 saturated carbocycles. The summed E-state index contributed by atoms with van der Waals surface area (Å²) in [6.45, 7) is 2.04. The summed E-state index contributed by atoms with van der Waals surface area (Å²) in [6, 6.07) is 5.86. The number of methoxy groups -OCH3 is 2.